The van der Waals surface area contributed by atoms with Gasteiger partial charge >= 0.3 is 0 Å². The number of alkyl halides is 1. The Kier molecular flexibility index (Phi) is 5.33. The van der Waals surface area contributed by atoms with Gasteiger partial charge in [0.2, 0.25) is 0 Å². The monoisotopic (exact) mass is 267 g/mol. The van der Waals surface area contributed by atoms with Crippen molar-refractivity contribution in [3.8, 4) is 5.75 Å². The van der Waals surface area contributed by atoms with Gasteiger partial charge in [-0.1, -0.05) is 18.6 Å². The highest BCUT2D eigenvalue weighted by atomic mass is 35.5. The van der Waals surface area contributed by atoms with Gasteiger partial charge in [-0.15, -0.1) is 11.6 Å². The lowest BCUT2D eigenvalue weighted by Gasteiger charge is -2.25. The van der Waals surface area contributed by atoms with Gasteiger partial charge in [-0.25, -0.2) is 0 Å². The summed E-state index contributed by atoms with van der Waals surface area (Å²) in [5, 5.41) is 3.92. The SMILES string of the molecule is COc1ccc(CNCC2CCCC(Cl)C2)cc1. The first-order chi connectivity index (χ1) is 8.78. The van der Waals surface area contributed by atoms with Crippen LogP contribution in [0.5, 0.6) is 5.75 Å². The Bertz CT molecular complexity index is 352. The third kappa shape index (κ3) is 4.18. The summed E-state index contributed by atoms with van der Waals surface area (Å²) in [6.45, 7) is 2.00. The molecule has 1 N–H and O–H groups in total. The predicted octanol–water partition coefficient (Wildman–Crippen LogP) is 3.58. The molecular formula is C15H22ClNO. The van der Waals surface area contributed by atoms with Gasteiger partial charge < -0.3 is 10.1 Å². The summed E-state index contributed by atoms with van der Waals surface area (Å²) in [6, 6.07) is 8.23. The van der Waals surface area contributed by atoms with Crippen molar-refractivity contribution in [1.29, 1.82) is 0 Å². The maximum Gasteiger partial charge on any atom is 0.118 e. The van der Waals surface area contributed by atoms with Gasteiger partial charge in [-0.05, 0) is 49.4 Å². The molecule has 1 fully saturated rings. The fraction of sp³-hybridized carbons (Fsp3) is 0.600. The number of ether oxygens (including phenoxy) is 1. The number of methoxy groups -OCH3 is 1. The number of rotatable bonds is 5. The highest BCUT2D eigenvalue weighted by molar-refractivity contribution is 6.20. The van der Waals surface area contributed by atoms with Crippen molar-refractivity contribution < 1.29 is 4.74 Å². The molecule has 3 heteroatoms. The van der Waals surface area contributed by atoms with Crippen molar-refractivity contribution in [3.05, 3.63) is 29.8 Å². The highest BCUT2D eigenvalue weighted by Gasteiger charge is 2.19. The van der Waals surface area contributed by atoms with E-state index in [2.05, 4.69) is 17.4 Å². The van der Waals surface area contributed by atoms with Crippen molar-refractivity contribution in [3.63, 3.8) is 0 Å². The molecule has 2 rings (SSSR count). The Morgan fingerprint density at radius 1 is 1.28 bits per heavy atom. The van der Waals surface area contributed by atoms with Gasteiger partial charge in [0, 0.05) is 11.9 Å². The topological polar surface area (TPSA) is 21.3 Å². The fourth-order valence-electron chi connectivity index (χ4n) is 2.57. The number of halogens is 1. The van der Waals surface area contributed by atoms with Gasteiger partial charge in [0.25, 0.3) is 0 Å². The first-order valence-corrected chi connectivity index (χ1v) is 7.19. The van der Waals surface area contributed by atoms with E-state index in [9.17, 15) is 0 Å². The van der Waals surface area contributed by atoms with E-state index in [1.807, 2.05) is 12.1 Å². The maximum absolute atomic E-state index is 6.20. The average Bonchev–Trinajstić information content (AvgIpc) is 2.40. The van der Waals surface area contributed by atoms with Crippen LogP contribution < -0.4 is 10.1 Å². The van der Waals surface area contributed by atoms with Crippen LogP contribution in [0.1, 0.15) is 31.2 Å². The Labute approximate surface area is 115 Å². The molecule has 0 aliphatic heterocycles. The molecule has 1 aliphatic rings. The Morgan fingerprint density at radius 2 is 2.06 bits per heavy atom. The van der Waals surface area contributed by atoms with E-state index in [0.717, 1.165) is 31.2 Å². The lowest BCUT2D eigenvalue weighted by atomic mass is 9.89. The second kappa shape index (κ2) is 7.01. The number of benzene rings is 1. The van der Waals surface area contributed by atoms with Gasteiger partial charge in [-0.2, -0.15) is 0 Å². The molecular weight excluding hydrogens is 246 g/mol. The van der Waals surface area contributed by atoms with Crippen LogP contribution in [-0.2, 0) is 6.54 Å². The zero-order valence-corrected chi connectivity index (χ0v) is 11.7. The summed E-state index contributed by atoms with van der Waals surface area (Å²) in [6.07, 6.45) is 4.95. The zero-order chi connectivity index (χ0) is 12.8. The third-order valence-corrected chi connectivity index (χ3v) is 4.04. The standard InChI is InChI=1S/C15H22ClNO/c1-18-15-7-5-12(6-8-15)10-17-11-13-3-2-4-14(16)9-13/h5-8,13-14,17H,2-4,9-11H2,1H3. The van der Waals surface area contributed by atoms with Crippen molar-refractivity contribution in [2.45, 2.75) is 37.6 Å². The molecule has 2 unspecified atom stereocenters. The molecule has 100 valence electrons. The van der Waals surface area contributed by atoms with Crippen LogP contribution in [0.4, 0.5) is 0 Å². The van der Waals surface area contributed by atoms with Crippen LogP contribution in [0.15, 0.2) is 24.3 Å². The first-order valence-electron chi connectivity index (χ1n) is 6.75. The lowest BCUT2D eigenvalue weighted by molar-refractivity contribution is 0.346. The largest absolute Gasteiger partial charge is 0.497 e. The summed E-state index contributed by atoms with van der Waals surface area (Å²) in [4.78, 5) is 0. The normalized spacial score (nSPS) is 23.9. The number of nitrogens with one attached hydrogen (secondary N) is 1. The van der Waals surface area contributed by atoms with Gasteiger partial charge in [0.1, 0.15) is 5.75 Å². The molecule has 0 aromatic heterocycles. The molecule has 2 atom stereocenters. The van der Waals surface area contributed by atoms with Crippen LogP contribution in [0.2, 0.25) is 0 Å². The van der Waals surface area contributed by atoms with Crippen LogP contribution in [0.25, 0.3) is 0 Å². The molecule has 0 bridgehead atoms. The molecule has 0 saturated heterocycles. The second-order valence-electron chi connectivity index (χ2n) is 5.11. The molecule has 1 aromatic carbocycles. The third-order valence-electron chi connectivity index (χ3n) is 3.64. The van der Waals surface area contributed by atoms with E-state index in [1.54, 1.807) is 7.11 Å². The summed E-state index contributed by atoms with van der Waals surface area (Å²) in [7, 11) is 1.69. The minimum Gasteiger partial charge on any atom is -0.497 e. The number of hydrogen-bond acceptors (Lipinski definition) is 2. The zero-order valence-electron chi connectivity index (χ0n) is 11.0. The van der Waals surface area contributed by atoms with Crippen molar-refractivity contribution in [1.82, 2.24) is 5.32 Å². The van der Waals surface area contributed by atoms with Gasteiger partial charge in [0.05, 0.1) is 7.11 Å². The van der Waals surface area contributed by atoms with Crippen LogP contribution in [-0.4, -0.2) is 19.0 Å². The highest BCUT2D eigenvalue weighted by Crippen LogP contribution is 2.27. The summed E-state index contributed by atoms with van der Waals surface area (Å²) >= 11 is 6.20. The summed E-state index contributed by atoms with van der Waals surface area (Å²) in [5.41, 5.74) is 1.30. The molecule has 0 heterocycles. The summed E-state index contributed by atoms with van der Waals surface area (Å²) in [5.74, 6) is 1.66. The minimum absolute atomic E-state index is 0.395. The molecule has 0 spiro atoms. The molecule has 1 aliphatic carbocycles. The van der Waals surface area contributed by atoms with E-state index in [4.69, 9.17) is 16.3 Å². The average molecular weight is 268 g/mol. The number of hydrogen-bond donors (Lipinski definition) is 1. The summed E-state index contributed by atoms with van der Waals surface area (Å²) < 4.78 is 5.15. The molecule has 0 amide bonds. The smallest absolute Gasteiger partial charge is 0.118 e. The molecule has 0 radical (unpaired) electrons. The lowest BCUT2D eigenvalue weighted by Crippen LogP contribution is -2.27. The van der Waals surface area contributed by atoms with E-state index in [1.165, 1.54) is 24.8 Å². The van der Waals surface area contributed by atoms with E-state index < -0.39 is 0 Å². The van der Waals surface area contributed by atoms with Crippen LogP contribution >= 0.6 is 11.6 Å². The molecule has 2 nitrogen and oxygen atoms in total. The Morgan fingerprint density at radius 3 is 2.72 bits per heavy atom. The quantitative estimate of drug-likeness (QED) is 0.824. The molecule has 1 saturated carbocycles. The van der Waals surface area contributed by atoms with Gasteiger partial charge in [-0.3, -0.25) is 0 Å². The van der Waals surface area contributed by atoms with E-state index in [-0.39, 0.29) is 0 Å². The first kappa shape index (κ1) is 13.7. The van der Waals surface area contributed by atoms with E-state index in [0.29, 0.717) is 5.38 Å². The second-order valence-corrected chi connectivity index (χ2v) is 5.73. The van der Waals surface area contributed by atoms with E-state index >= 15 is 0 Å². The van der Waals surface area contributed by atoms with Crippen LogP contribution in [0.3, 0.4) is 0 Å². The Hall–Kier alpha value is -0.730. The molecule has 18 heavy (non-hydrogen) atoms. The van der Waals surface area contributed by atoms with Gasteiger partial charge in [0.15, 0.2) is 0 Å². The maximum atomic E-state index is 6.20. The van der Waals surface area contributed by atoms with Crippen LogP contribution in [0, 0.1) is 5.92 Å². The van der Waals surface area contributed by atoms with Crippen molar-refractivity contribution in [2.24, 2.45) is 5.92 Å². The molecule has 1 aromatic rings. The van der Waals surface area contributed by atoms with Crippen molar-refractivity contribution in [2.75, 3.05) is 13.7 Å². The predicted molar refractivity (Wildman–Crippen MR) is 76.3 cm³/mol. The Balaban J connectivity index is 1.70. The fourth-order valence-corrected chi connectivity index (χ4v) is 2.98. The minimum atomic E-state index is 0.395. The van der Waals surface area contributed by atoms with Crippen molar-refractivity contribution >= 4 is 11.6 Å².